The van der Waals surface area contributed by atoms with Gasteiger partial charge in [0.05, 0.1) is 5.54 Å². The maximum absolute atomic E-state index is 11.8. The Hall–Kier alpha value is -0.610. The van der Waals surface area contributed by atoms with Gasteiger partial charge in [-0.15, -0.1) is 0 Å². The molecule has 2 aliphatic rings. The number of nitrogens with one attached hydrogen (secondary N) is 1. The second-order valence-corrected chi connectivity index (χ2v) is 7.10. The Balaban J connectivity index is 1.85. The SMILES string of the molecule is CCC1(CC)CCN(CCC(C)(NC2CC2)C(N)=O)C1. The summed E-state index contributed by atoms with van der Waals surface area (Å²) in [6.07, 6.45) is 7.00. The van der Waals surface area contributed by atoms with Crippen LogP contribution in [-0.4, -0.2) is 42.0 Å². The molecular formula is C16H31N3O. The van der Waals surface area contributed by atoms with Gasteiger partial charge in [0.2, 0.25) is 5.91 Å². The van der Waals surface area contributed by atoms with Crippen LogP contribution in [-0.2, 0) is 4.79 Å². The number of carbonyl (C=O) groups is 1. The van der Waals surface area contributed by atoms with Crippen molar-refractivity contribution >= 4 is 5.91 Å². The second-order valence-electron chi connectivity index (χ2n) is 7.10. The number of primary amides is 1. The fourth-order valence-electron chi connectivity index (χ4n) is 3.37. The summed E-state index contributed by atoms with van der Waals surface area (Å²) in [5.74, 6) is -0.208. The zero-order valence-corrected chi connectivity index (χ0v) is 13.4. The number of likely N-dealkylation sites (tertiary alicyclic amines) is 1. The first-order chi connectivity index (χ1) is 9.43. The molecule has 1 aliphatic heterocycles. The molecule has 0 aromatic rings. The van der Waals surface area contributed by atoms with Gasteiger partial charge in [0.15, 0.2) is 0 Å². The van der Waals surface area contributed by atoms with Crippen molar-refractivity contribution in [3.63, 3.8) is 0 Å². The molecule has 4 nitrogen and oxygen atoms in total. The van der Waals surface area contributed by atoms with Crippen LogP contribution < -0.4 is 11.1 Å². The molecule has 20 heavy (non-hydrogen) atoms. The Morgan fingerprint density at radius 1 is 1.40 bits per heavy atom. The predicted molar refractivity (Wildman–Crippen MR) is 82.4 cm³/mol. The molecular weight excluding hydrogens is 250 g/mol. The summed E-state index contributed by atoms with van der Waals surface area (Å²) in [5.41, 5.74) is 5.59. The lowest BCUT2D eigenvalue weighted by atomic mass is 9.82. The van der Waals surface area contributed by atoms with E-state index in [1.807, 2.05) is 6.92 Å². The maximum Gasteiger partial charge on any atom is 0.237 e. The third-order valence-electron chi connectivity index (χ3n) is 5.59. The molecule has 0 spiro atoms. The van der Waals surface area contributed by atoms with Crippen molar-refractivity contribution in [3.05, 3.63) is 0 Å². The van der Waals surface area contributed by atoms with Crippen molar-refractivity contribution in [3.8, 4) is 0 Å². The minimum absolute atomic E-state index is 0.208. The van der Waals surface area contributed by atoms with Crippen LogP contribution >= 0.6 is 0 Å². The van der Waals surface area contributed by atoms with Gasteiger partial charge in [0.1, 0.15) is 0 Å². The van der Waals surface area contributed by atoms with Crippen LogP contribution in [0.4, 0.5) is 0 Å². The van der Waals surface area contributed by atoms with Gasteiger partial charge in [0.25, 0.3) is 0 Å². The summed E-state index contributed by atoms with van der Waals surface area (Å²) >= 11 is 0. The fourth-order valence-corrected chi connectivity index (χ4v) is 3.37. The molecule has 1 saturated heterocycles. The number of amides is 1. The Labute approximate surface area is 123 Å². The van der Waals surface area contributed by atoms with Crippen LogP contribution in [0.15, 0.2) is 0 Å². The Morgan fingerprint density at radius 2 is 2.05 bits per heavy atom. The highest BCUT2D eigenvalue weighted by Crippen LogP contribution is 2.37. The lowest BCUT2D eigenvalue weighted by Crippen LogP contribution is -2.55. The Kier molecular flexibility index (Phi) is 4.75. The molecule has 0 aromatic heterocycles. The third kappa shape index (κ3) is 3.53. The zero-order valence-electron chi connectivity index (χ0n) is 13.4. The summed E-state index contributed by atoms with van der Waals surface area (Å²) in [7, 11) is 0. The van der Waals surface area contributed by atoms with E-state index in [0.717, 1.165) is 13.0 Å². The first-order valence-electron chi connectivity index (χ1n) is 8.23. The highest BCUT2D eigenvalue weighted by molar-refractivity contribution is 5.84. The number of hydrogen-bond donors (Lipinski definition) is 2. The highest BCUT2D eigenvalue weighted by Gasteiger charge is 2.39. The van der Waals surface area contributed by atoms with Gasteiger partial charge in [-0.25, -0.2) is 0 Å². The lowest BCUT2D eigenvalue weighted by Gasteiger charge is -2.31. The van der Waals surface area contributed by atoms with Gasteiger partial charge < -0.3 is 16.0 Å². The molecule has 1 heterocycles. The third-order valence-corrected chi connectivity index (χ3v) is 5.59. The standard InChI is InChI=1S/C16H31N3O/c1-4-16(5-2)9-11-19(12-16)10-8-15(3,14(17)20)18-13-6-7-13/h13,18H,4-12H2,1-3H3,(H2,17,20). The normalized spacial score (nSPS) is 25.6. The van der Waals surface area contributed by atoms with Crippen LogP contribution in [0.1, 0.15) is 59.3 Å². The van der Waals surface area contributed by atoms with E-state index in [2.05, 4.69) is 24.1 Å². The van der Waals surface area contributed by atoms with E-state index in [4.69, 9.17) is 5.73 Å². The van der Waals surface area contributed by atoms with Crippen LogP contribution in [0.3, 0.4) is 0 Å². The summed E-state index contributed by atoms with van der Waals surface area (Å²) in [6, 6.07) is 0.511. The van der Waals surface area contributed by atoms with Gasteiger partial charge >= 0.3 is 0 Å². The van der Waals surface area contributed by atoms with E-state index in [1.54, 1.807) is 0 Å². The van der Waals surface area contributed by atoms with E-state index >= 15 is 0 Å². The molecule has 2 fully saturated rings. The topological polar surface area (TPSA) is 58.4 Å². The molecule has 0 radical (unpaired) electrons. The molecule has 1 saturated carbocycles. The molecule has 2 rings (SSSR count). The van der Waals surface area contributed by atoms with Gasteiger partial charge in [-0.05, 0) is 57.4 Å². The number of rotatable bonds is 8. The Morgan fingerprint density at radius 3 is 2.50 bits per heavy atom. The minimum atomic E-state index is -0.537. The number of nitrogens with zero attached hydrogens (tertiary/aromatic N) is 1. The molecule has 3 N–H and O–H groups in total. The molecule has 0 aromatic carbocycles. The van der Waals surface area contributed by atoms with Crippen molar-refractivity contribution in [2.24, 2.45) is 11.1 Å². The summed E-state index contributed by atoms with van der Waals surface area (Å²) in [6.45, 7) is 9.89. The van der Waals surface area contributed by atoms with Crippen molar-refractivity contribution in [2.45, 2.75) is 70.9 Å². The zero-order chi connectivity index (χ0) is 14.8. The van der Waals surface area contributed by atoms with Crippen LogP contribution in [0, 0.1) is 5.41 Å². The van der Waals surface area contributed by atoms with Crippen molar-refractivity contribution < 1.29 is 4.79 Å². The Bertz CT molecular complexity index is 350. The number of hydrogen-bond acceptors (Lipinski definition) is 3. The van der Waals surface area contributed by atoms with Gasteiger partial charge in [-0.3, -0.25) is 4.79 Å². The average molecular weight is 281 g/mol. The van der Waals surface area contributed by atoms with Gasteiger partial charge in [-0.2, -0.15) is 0 Å². The lowest BCUT2D eigenvalue weighted by molar-refractivity contribution is -0.124. The second kappa shape index (κ2) is 6.02. The molecule has 4 heteroatoms. The van der Waals surface area contributed by atoms with Crippen molar-refractivity contribution in [2.75, 3.05) is 19.6 Å². The average Bonchev–Trinajstić information content (AvgIpc) is 3.13. The van der Waals surface area contributed by atoms with Crippen LogP contribution in [0.2, 0.25) is 0 Å². The number of nitrogens with two attached hydrogens (primary N) is 1. The smallest absolute Gasteiger partial charge is 0.237 e. The fraction of sp³-hybridized carbons (Fsp3) is 0.938. The predicted octanol–water partition coefficient (Wildman–Crippen LogP) is 1.88. The summed E-state index contributed by atoms with van der Waals surface area (Å²) < 4.78 is 0. The van der Waals surface area contributed by atoms with E-state index in [1.165, 1.54) is 45.2 Å². The van der Waals surface area contributed by atoms with Crippen LogP contribution in [0.5, 0.6) is 0 Å². The summed E-state index contributed by atoms with van der Waals surface area (Å²) in [5, 5.41) is 3.44. The summed E-state index contributed by atoms with van der Waals surface area (Å²) in [4.78, 5) is 14.3. The molecule has 116 valence electrons. The molecule has 1 atom stereocenters. The number of carbonyl (C=O) groups excluding carboxylic acids is 1. The van der Waals surface area contributed by atoms with E-state index in [9.17, 15) is 4.79 Å². The first-order valence-corrected chi connectivity index (χ1v) is 8.23. The highest BCUT2D eigenvalue weighted by atomic mass is 16.1. The van der Waals surface area contributed by atoms with E-state index in [0.29, 0.717) is 11.5 Å². The van der Waals surface area contributed by atoms with Gasteiger partial charge in [0, 0.05) is 19.1 Å². The van der Waals surface area contributed by atoms with Crippen molar-refractivity contribution in [1.82, 2.24) is 10.2 Å². The van der Waals surface area contributed by atoms with Crippen molar-refractivity contribution in [1.29, 1.82) is 0 Å². The monoisotopic (exact) mass is 281 g/mol. The minimum Gasteiger partial charge on any atom is -0.368 e. The van der Waals surface area contributed by atoms with E-state index in [-0.39, 0.29) is 5.91 Å². The molecule has 1 unspecified atom stereocenters. The quantitative estimate of drug-likeness (QED) is 0.714. The van der Waals surface area contributed by atoms with Crippen LogP contribution in [0.25, 0.3) is 0 Å². The largest absolute Gasteiger partial charge is 0.368 e. The van der Waals surface area contributed by atoms with E-state index < -0.39 is 5.54 Å². The molecule has 1 amide bonds. The molecule has 1 aliphatic carbocycles. The first kappa shape index (κ1) is 15.8. The van der Waals surface area contributed by atoms with Gasteiger partial charge in [-0.1, -0.05) is 13.8 Å². The maximum atomic E-state index is 11.8. The molecule has 0 bridgehead atoms.